The number of para-hydroxylation sites is 1. The van der Waals surface area contributed by atoms with Crippen molar-refractivity contribution in [2.24, 2.45) is 0 Å². The van der Waals surface area contributed by atoms with Crippen molar-refractivity contribution in [1.29, 1.82) is 0 Å². The number of carbonyl (C=O) groups excluding carboxylic acids is 2. The summed E-state index contributed by atoms with van der Waals surface area (Å²) < 4.78 is 10.8. The Morgan fingerprint density at radius 3 is 2.54 bits per heavy atom. The van der Waals surface area contributed by atoms with Crippen LogP contribution < -0.4 is 10.5 Å². The molecule has 3 aromatic rings. The summed E-state index contributed by atoms with van der Waals surface area (Å²) in [5, 5.41) is 0.770. The number of benzene rings is 2. The molecule has 7 heteroatoms. The third kappa shape index (κ3) is 5.03. The lowest BCUT2D eigenvalue weighted by Gasteiger charge is -2.08. The molecule has 2 aromatic carbocycles. The molecule has 0 aliphatic carbocycles. The standard InChI is InChI=1S/C21H21N3O4/c1-14(25)15-8-10-16(11-9-15)27-12-4-7-20(26)28-13-19-23-18-6-3-2-5-17(18)21(22)24-19/h2-3,5-6,8-11H,4,7,12-13H2,1H3,(H2,22,23,24). The Labute approximate surface area is 162 Å². The maximum Gasteiger partial charge on any atom is 0.306 e. The van der Waals surface area contributed by atoms with Crippen molar-refractivity contribution >= 4 is 28.5 Å². The van der Waals surface area contributed by atoms with E-state index in [4.69, 9.17) is 15.2 Å². The molecule has 1 aromatic heterocycles. The average molecular weight is 379 g/mol. The van der Waals surface area contributed by atoms with Crippen molar-refractivity contribution in [3.63, 3.8) is 0 Å². The molecule has 0 fully saturated rings. The summed E-state index contributed by atoms with van der Waals surface area (Å²) in [5.41, 5.74) is 7.26. The van der Waals surface area contributed by atoms with Gasteiger partial charge in [0.1, 0.15) is 11.6 Å². The smallest absolute Gasteiger partial charge is 0.306 e. The maximum atomic E-state index is 11.9. The van der Waals surface area contributed by atoms with Gasteiger partial charge in [-0.05, 0) is 49.7 Å². The Morgan fingerprint density at radius 2 is 1.79 bits per heavy atom. The highest BCUT2D eigenvalue weighted by Crippen LogP contribution is 2.17. The molecule has 144 valence electrons. The van der Waals surface area contributed by atoms with E-state index >= 15 is 0 Å². The number of esters is 1. The molecule has 0 radical (unpaired) electrons. The lowest BCUT2D eigenvalue weighted by Crippen LogP contribution is -2.10. The minimum Gasteiger partial charge on any atom is -0.494 e. The second-order valence-corrected chi connectivity index (χ2v) is 6.24. The van der Waals surface area contributed by atoms with Crippen LogP contribution in [0, 0.1) is 0 Å². The molecule has 0 unspecified atom stereocenters. The van der Waals surface area contributed by atoms with Gasteiger partial charge in [-0.15, -0.1) is 0 Å². The predicted molar refractivity (Wildman–Crippen MR) is 105 cm³/mol. The third-order valence-electron chi connectivity index (χ3n) is 4.10. The maximum absolute atomic E-state index is 11.9. The molecule has 0 atom stereocenters. The molecule has 0 spiro atoms. The lowest BCUT2D eigenvalue weighted by molar-refractivity contribution is -0.145. The molecule has 0 saturated heterocycles. The first-order valence-electron chi connectivity index (χ1n) is 8.93. The van der Waals surface area contributed by atoms with E-state index in [1.54, 1.807) is 24.3 Å². The van der Waals surface area contributed by atoms with Gasteiger partial charge in [0.2, 0.25) is 0 Å². The number of nitrogens with two attached hydrogens (primary N) is 1. The highest BCUT2D eigenvalue weighted by Gasteiger charge is 2.08. The molecule has 3 rings (SSSR count). The van der Waals surface area contributed by atoms with Gasteiger partial charge >= 0.3 is 5.97 Å². The number of hydrogen-bond acceptors (Lipinski definition) is 7. The van der Waals surface area contributed by atoms with Crippen LogP contribution in [0.25, 0.3) is 10.9 Å². The third-order valence-corrected chi connectivity index (χ3v) is 4.10. The molecule has 7 nitrogen and oxygen atoms in total. The summed E-state index contributed by atoms with van der Waals surface area (Å²) in [6, 6.07) is 14.3. The van der Waals surface area contributed by atoms with Crippen LogP contribution in [0.5, 0.6) is 5.75 Å². The monoisotopic (exact) mass is 379 g/mol. The molecule has 0 aliphatic heterocycles. The van der Waals surface area contributed by atoms with Crippen LogP contribution in [0.2, 0.25) is 0 Å². The van der Waals surface area contributed by atoms with Gasteiger partial charge in [0.25, 0.3) is 0 Å². The molecule has 28 heavy (non-hydrogen) atoms. The van der Waals surface area contributed by atoms with Crippen LogP contribution in [0.1, 0.15) is 35.9 Å². The number of rotatable bonds is 8. The van der Waals surface area contributed by atoms with Crippen LogP contribution >= 0.6 is 0 Å². The van der Waals surface area contributed by atoms with E-state index in [2.05, 4.69) is 9.97 Å². The highest BCUT2D eigenvalue weighted by atomic mass is 16.5. The molecule has 0 bridgehead atoms. The molecule has 0 aliphatic rings. The van der Waals surface area contributed by atoms with Crippen molar-refractivity contribution in [3.05, 3.63) is 59.9 Å². The molecule has 0 amide bonds. The second-order valence-electron chi connectivity index (χ2n) is 6.24. The molecule has 0 saturated carbocycles. The van der Waals surface area contributed by atoms with Crippen molar-refractivity contribution in [2.75, 3.05) is 12.3 Å². The van der Waals surface area contributed by atoms with E-state index in [1.807, 2.05) is 24.3 Å². The summed E-state index contributed by atoms with van der Waals surface area (Å²) in [5.74, 6) is 1.03. The number of carbonyl (C=O) groups is 2. The van der Waals surface area contributed by atoms with Gasteiger partial charge in [0.05, 0.1) is 12.1 Å². The van der Waals surface area contributed by atoms with Crippen molar-refractivity contribution < 1.29 is 19.1 Å². The predicted octanol–water partition coefficient (Wildman–Crippen LogP) is 3.32. The number of nitrogens with zero attached hydrogens (tertiary/aromatic N) is 2. The van der Waals surface area contributed by atoms with Crippen LogP contribution in [-0.4, -0.2) is 28.3 Å². The van der Waals surface area contributed by atoms with Gasteiger partial charge in [-0.3, -0.25) is 9.59 Å². The van der Waals surface area contributed by atoms with E-state index in [0.717, 1.165) is 5.39 Å². The van der Waals surface area contributed by atoms with Gasteiger partial charge in [-0.2, -0.15) is 0 Å². The quantitative estimate of drug-likeness (QED) is 0.364. The second kappa shape index (κ2) is 8.94. The number of Topliss-reactive ketones (excluding diaryl/α,β-unsaturated/α-hetero) is 1. The summed E-state index contributed by atoms with van der Waals surface area (Å²) in [6.45, 7) is 1.86. The first-order valence-corrected chi connectivity index (χ1v) is 8.93. The molecular formula is C21H21N3O4. The van der Waals surface area contributed by atoms with E-state index in [-0.39, 0.29) is 24.8 Å². The Balaban J connectivity index is 1.42. The van der Waals surface area contributed by atoms with E-state index in [0.29, 0.717) is 41.5 Å². The zero-order chi connectivity index (χ0) is 19.9. The normalized spacial score (nSPS) is 10.6. The SMILES string of the molecule is CC(=O)c1ccc(OCCCC(=O)OCc2nc(N)c3ccccc3n2)cc1. The van der Waals surface area contributed by atoms with Crippen LogP contribution in [0.15, 0.2) is 48.5 Å². The van der Waals surface area contributed by atoms with Gasteiger partial charge in [0, 0.05) is 17.4 Å². The summed E-state index contributed by atoms with van der Waals surface area (Å²) in [6.07, 6.45) is 0.725. The average Bonchev–Trinajstić information content (AvgIpc) is 2.70. The Morgan fingerprint density at radius 1 is 1.04 bits per heavy atom. The number of ketones is 1. The lowest BCUT2D eigenvalue weighted by atomic mass is 10.1. The zero-order valence-corrected chi connectivity index (χ0v) is 15.6. The first kappa shape index (κ1) is 19.3. The van der Waals surface area contributed by atoms with E-state index in [9.17, 15) is 9.59 Å². The Bertz CT molecular complexity index is 987. The number of fused-ring (bicyclic) bond motifs is 1. The molecule has 1 heterocycles. The summed E-state index contributed by atoms with van der Waals surface area (Å²) >= 11 is 0. The van der Waals surface area contributed by atoms with E-state index in [1.165, 1.54) is 6.92 Å². The van der Waals surface area contributed by atoms with Crippen molar-refractivity contribution in [1.82, 2.24) is 9.97 Å². The minimum atomic E-state index is -0.356. The summed E-state index contributed by atoms with van der Waals surface area (Å²) in [7, 11) is 0. The van der Waals surface area contributed by atoms with Gasteiger partial charge in [-0.1, -0.05) is 12.1 Å². The highest BCUT2D eigenvalue weighted by molar-refractivity contribution is 5.94. The van der Waals surface area contributed by atoms with Crippen molar-refractivity contribution in [3.8, 4) is 5.75 Å². The van der Waals surface area contributed by atoms with Gasteiger partial charge < -0.3 is 15.2 Å². The number of hydrogen-bond donors (Lipinski definition) is 1. The largest absolute Gasteiger partial charge is 0.494 e. The van der Waals surface area contributed by atoms with Crippen LogP contribution in [0.4, 0.5) is 5.82 Å². The fraction of sp³-hybridized carbons (Fsp3) is 0.238. The molecule has 2 N–H and O–H groups in total. The fourth-order valence-electron chi connectivity index (χ4n) is 2.63. The fourth-order valence-corrected chi connectivity index (χ4v) is 2.63. The number of ether oxygens (including phenoxy) is 2. The Hall–Kier alpha value is -3.48. The number of nitrogen functional groups attached to an aromatic ring is 1. The summed E-state index contributed by atoms with van der Waals surface area (Å²) in [4.78, 5) is 31.6. The zero-order valence-electron chi connectivity index (χ0n) is 15.6. The minimum absolute atomic E-state index is 0.00597. The number of aromatic nitrogens is 2. The van der Waals surface area contributed by atoms with Crippen LogP contribution in [-0.2, 0) is 16.1 Å². The topological polar surface area (TPSA) is 104 Å². The molecular weight excluding hydrogens is 358 g/mol. The Kier molecular flexibility index (Phi) is 6.16. The van der Waals surface area contributed by atoms with Gasteiger partial charge in [-0.25, -0.2) is 9.97 Å². The first-order chi connectivity index (χ1) is 13.5. The number of anilines is 1. The van der Waals surface area contributed by atoms with Crippen LogP contribution in [0.3, 0.4) is 0 Å². The van der Waals surface area contributed by atoms with E-state index < -0.39 is 0 Å². The van der Waals surface area contributed by atoms with Crippen molar-refractivity contribution in [2.45, 2.75) is 26.4 Å². The van der Waals surface area contributed by atoms with Gasteiger partial charge in [0.15, 0.2) is 18.2 Å².